The van der Waals surface area contributed by atoms with Crippen molar-refractivity contribution in [2.75, 3.05) is 0 Å². The van der Waals surface area contributed by atoms with E-state index in [9.17, 15) is 4.39 Å². The number of aromatic nitrogens is 3. The van der Waals surface area contributed by atoms with E-state index in [1.54, 1.807) is 30.2 Å². The van der Waals surface area contributed by atoms with Gasteiger partial charge < -0.3 is 5.32 Å². The Morgan fingerprint density at radius 2 is 2.28 bits per heavy atom. The molecule has 0 unspecified atom stereocenters. The Balaban J connectivity index is 1.97. The molecule has 0 aliphatic carbocycles. The Hall–Kier alpha value is -2.26. The molecule has 18 heavy (non-hydrogen) atoms. The smallest absolute Gasteiger partial charge is 0.164 e. The van der Waals surface area contributed by atoms with Gasteiger partial charge >= 0.3 is 0 Å². The number of halogens is 1. The van der Waals surface area contributed by atoms with Crippen LogP contribution < -0.4 is 5.32 Å². The van der Waals surface area contributed by atoms with E-state index >= 15 is 0 Å². The summed E-state index contributed by atoms with van der Waals surface area (Å²) in [5, 5.41) is 15.8. The van der Waals surface area contributed by atoms with E-state index < -0.39 is 5.82 Å². The molecule has 5 nitrogen and oxygen atoms in total. The molecule has 0 bridgehead atoms. The van der Waals surface area contributed by atoms with Crippen molar-refractivity contribution in [3.63, 3.8) is 0 Å². The Morgan fingerprint density at radius 1 is 1.44 bits per heavy atom. The van der Waals surface area contributed by atoms with E-state index in [2.05, 4.69) is 15.4 Å². The molecule has 1 heterocycles. The average Bonchev–Trinajstić information content (AvgIpc) is 2.77. The summed E-state index contributed by atoms with van der Waals surface area (Å²) in [7, 11) is 1.78. The molecule has 0 saturated carbocycles. The second kappa shape index (κ2) is 5.38. The molecule has 0 aliphatic heterocycles. The third-order valence-corrected chi connectivity index (χ3v) is 2.44. The molecule has 1 N–H and O–H groups in total. The zero-order chi connectivity index (χ0) is 13.0. The van der Waals surface area contributed by atoms with Gasteiger partial charge in [-0.3, -0.25) is 4.68 Å². The number of nitriles is 1. The summed E-state index contributed by atoms with van der Waals surface area (Å²) < 4.78 is 15.3. The summed E-state index contributed by atoms with van der Waals surface area (Å²) in [6.45, 7) is 0.788. The van der Waals surface area contributed by atoms with E-state index in [4.69, 9.17) is 5.26 Å². The third-order valence-electron chi connectivity index (χ3n) is 2.44. The van der Waals surface area contributed by atoms with Crippen molar-refractivity contribution >= 4 is 0 Å². The zero-order valence-corrected chi connectivity index (χ0v) is 9.89. The van der Waals surface area contributed by atoms with Crippen molar-refractivity contribution in [1.82, 2.24) is 20.1 Å². The standard InChI is InChI=1S/C12H12FN5/c1-18-8-16-11(17-18)7-15-6-10-4-2-3-9(5-14)12(10)13/h2-4,8,15H,6-7H2,1H3. The topological polar surface area (TPSA) is 66.5 Å². The molecule has 0 amide bonds. The first-order chi connectivity index (χ1) is 8.70. The SMILES string of the molecule is Cn1cnc(CNCc2cccc(C#N)c2F)n1. The van der Waals surface area contributed by atoms with Gasteiger partial charge in [0.1, 0.15) is 18.2 Å². The summed E-state index contributed by atoms with van der Waals surface area (Å²) in [4.78, 5) is 4.05. The summed E-state index contributed by atoms with van der Waals surface area (Å²) in [5.41, 5.74) is 0.523. The van der Waals surface area contributed by atoms with Gasteiger partial charge in [-0.1, -0.05) is 12.1 Å². The number of nitrogens with one attached hydrogen (secondary N) is 1. The van der Waals surface area contributed by atoms with E-state index in [1.165, 1.54) is 6.07 Å². The minimum absolute atomic E-state index is 0.0604. The number of hydrogen-bond acceptors (Lipinski definition) is 4. The molecule has 0 fully saturated rings. The van der Waals surface area contributed by atoms with Crippen molar-refractivity contribution in [3.05, 3.63) is 47.3 Å². The third kappa shape index (κ3) is 2.70. The number of aryl methyl sites for hydroxylation is 1. The number of hydrogen-bond donors (Lipinski definition) is 1. The van der Waals surface area contributed by atoms with Crippen LogP contribution in [0.2, 0.25) is 0 Å². The van der Waals surface area contributed by atoms with Gasteiger partial charge in [-0.2, -0.15) is 10.4 Å². The lowest BCUT2D eigenvalue weighted by Gasteiger charge is -2.04. The number of nitrogens with zero attached hydrogens (tertiary/aromatic N) is 4. The van der Waals surface area contributed by atoms with Crippen molar-refractivity contribution < 1.29 is 4.39 Å². The van der Waals surface area contributed by atoms with Crippen LogP contribution in [0, 0.1) is 17.1 Å². The fourth-order valence-electron chi connectivity index (χ4n) is 1.58. The molecule has 2 rings (SSSR count). The summed E-state index contributed by atoms with van der Waals surface area (Å²) in [5.74, 6) is 0.177. The molecule has 0 radical (unpaired) electrons. The predicted molar refractivity (Wildman–Crippen MR) is 62.7 cm³/mol. The van der Waals surface area contributed by atoms with Crippen LogP contribution in [0.15, 0.2) is 24.5 Å². The lowest BCUT2D eigenvalue weighted by Crippen LogP contribution is -2.15. The van der Waals surface area contributed by atoms with Gasteiger partial charge in [-0.15, -0.1) is 0 Å². The molecule has 1 aromatic carbocycles. The van der Waals surface area contributed by atoms with Crippen LogP contribution in [-0.4, -0.2) is 14.8 Å². The van der Waals surface area contributed by atoms with Gasteiger partial charge in [0.2, 0.25) is 0 Å². The maximum Gasteiger partial charge on any atom is 0.164 e. The second-order valence-corrected chi connectivity index (χ2v) is 3.83. The molecule has 1 aromatic heterocycles. The number of rotatable bonds is 4. The van der Waals surface area contributed by atoms with Gasteiger partial charge in [0, 0.05) is 19.2 Å². The predicted octanol–water partition coefficient (Wildman–Crippen LogP) is 1.12. The lowest BCUT2D eigenvalue weighted by atomic mass is 10.1. The first-order valence-electron chi connectivity index (χ1n) is 5.43. The highest BCUT2D eigenvalue weighted by Gasteiger charge is 2.07. The fraction of sp³-hybridized carbons (Fsp3) is 0.250. The van der Waals surface area contributed by atoms with Crippen LogP contribution in [-0.2, 0) is 20.1 Å². The molecule has 6 heteroatoms. The summed E-state index contributed by atoms with van der Waals surface area (Å²) in [6.07, 6.45) is 1.61. The van der Waals surface area contributed by atoms with Gasteiger partial charge in [0.15, 0.2) is 5.82 Å². The van der Waals surface area contributed by atoms with Crippen molar-refractivity contribution in [1.29, 1.82) is 5.26 Å². The normalized spacial score (nSPS) is 10.3. The Morgan fingerprint density at radius 3 is 2.94 bits per heavy atom. The van der Waals surface area contributed by atoms with Crippen LogP contribution in [0.25, 0.3) is 0 Å². The molecule has 0 atom stereocenters. The maximum absolute atomic E-state index is 13.7. The Bertz CT molecular complexity index is 584. The first-order valence-corrected chi connectivity index (χ1v) is 5.43. The monoisotopic (exact) mass is 245 g/mol. The highest BCUT2D eigenvalue weighted by molar-refractivity contribution is 5.34. The quantitative estimate of drug-likeness (QED) is 0.876. The largest absolute Gasteiger partial charge is 0.306 e. The van der Waals surface area contributed by atoms with Crippen LogP contribution in [0.1, 0.15) is 17.0 Å². The zero-order valence-electron chi connectivity index (χ0n) is 9.89. The first kappa shape index (κ1) is 12.2. The summed E-state index contributed by atoms with van der Waals surface area (Å²) in [6, 6.07) is 6.59. The van der Waals surface area contributed by atoms with Gasteiger partial charge in [0.25, 0.3) is 0 Å². The van der Waals surface area contributed by atoms with Crippen molar-refractivity contribution in [3.8, 4) is 6.07 Å². The van der Waals surface area contributed by atoms with Crippen LogP contribution in [0.3, 0.4) is 0 Å². The maximum atomic E-state index is 13.7. The highest BCUT2D eigenvalue weighted by atomic mass is 19.1. The molecular weight excluding hydrogens is 233 g/mol. The molecule has 0 aliphatic rings. The van der Waals surface area contributed by atoms with E-state index in [0.29, 0.717) is 24.5 Å². The molecule has 92 valence electrons. The van der Waals surface area contributed by atoms with Crippen molar-refractivity contribution in [2.24, 2.45) is 7.05 Å². The lowest BCUT2D eigenvalue weighted by molar-refractivity contribution is 0.578. The second-order valence-electron chi connectivity index (χ2n) is 3.83. The van der Waals surface area contributed by atoms with Crippen LogP contribution in [0.4, 0.5) is 4.39 Å². The van der Waals surface area contributed by atoms with Gasteiger partial charge in [0.05, 0.1) is 12.1 Å². The Kier molecular flexibility index (Phi) is 3.65. The van der Waals surface area contributed by atoms with E-state index in [-0.39, 0.29) is 5.56 Å². The van der Waals surface area contributed by atoms with Crippen LogP contribution >= 0.6 is 0 Å². The average molecular weight is 245 g/mol. The minimum Gasteiger partial charge on any atom is -0.306 e. The van der Waals surface area contributed by atoms with Gasteiger partial charge in [-0.05, 0) is 6.07 Å². The molecule has 0 spiro atoms. The van der Waals surface area contributed by atoms with E-state index in [1.807, 2.05) is 6.07 Å². The molecule has 2 aromatic rings. The highest BCUT2D eigenvalue weighted by Crippen LogP contribution is 2.11. The Labute approximate surface area is 104 Å². The minimum atomic E-state index is -0.471. The van der Waals surface area contributed by atoms with E-state index in [0.717, 1.165) is 0 Å². The summed E-state index contributed by atoms with van der Waals surface area (Å²) >= 11 is 0. The van der Waals surface area contributed by atoms with Gasteiger partial charge in [-0.25, -0.2) is 9.37 Å². The van der Waals surface area contributed by atoms with Crippen LogP contribution in [0.5, 0.6) is 0 Å². The molecule has 0 saturated heterocycles. The van der Waals surface area contributed by atoms with Crippen molar-refractivity contribution in [2.45, 2.75) is 13.1 Å². The number of benzene rings is 1. The molecular formula is C12H12FN5. The fourth-order valence-corrected chi connectivity index (χ4v) is 1.58.